The first kappa shape index (κ1) is 10.2. The molecule has 0 aliphatic carbocycles. The molecule has 0 aliphatic heterocycles. The predicted molar refractivity (Wildman–Crippen MR) is 19.4 cm³/mol. The van der Waals surface area contributed by atoms with Gasteiger partial charge >= 0.3 is 0 Å². The number of halogens is 3. The maximum atomic E-state index is 4.64. The minimum Gasteiger partial charge on any atom is -0.0380 e. The summed E-state index contributed by atoms with van der Waals surface area (Å²) in [4.78, 5) is 0. The molecule has 0 N–H and O–H groups in total. The zero-order valence-corrected chi connectivity index (χ0v) is 6.32. The third-order valence-electron chi connectivity index (χ3n) is 0. The molecule has 0 saturated carbocycles. The Morgan fingerprint density at radius 2 is 1.00 bits per heavy atom. The predicted octanol–water partition coefficient (Wildman–Crippen LogP) is 1.75. The molecule has 0 saturated heterocycles. The third kappa shape index (κ3) is 23.1. The molecule has 0 aromatic heterocycles. The molecule has 5 heavy (non-hydrogen) atoms. The normalized spacial score (nSPS) is 7.20. The van der Waals surface area contributed by atoms with Crippen LogP contribution in [0.25, 0.3) is 0 Å². The smallest absolute Gasteiger partial charge is 0.0127 e. The van der Waals surface area contributed by atoms with Crippen molar-refractivity contribution >= 4 is 35.3 Å². The molecular weight excluding hydrogens is 279 g/mol. The summed E-state index contributed by atoms with van der Waals surface area (Å²) in [7, 11) is 0. The molecule has 0 aliphatic rings. The summed E-state index contributed by atoms with van der Waals surface area (Å²) in [5, 5.41) is 0. The van der Waals surface area contributed by atoms with E-state index in [1.165, 1.54) is 0 Å². The first-order valence-corrected chi connectivity index (χ1v) is 1.52. The first-order chi connectivity index (χ1) is 1.73. The summed E-state index contributed by atoms with van der Waals surface area (Å²) in [6, 6.07) is 0. The molecule has 35 valence electrons. The Morgan fingerprint density at radius 3 is 1.00 bits per heavy atom. The van der Waals surface area contributed by atoms with Gasteiger partial charge in [-0.05, 0) is 3.46 Å². The van der Waals surface area contributed by atoms with Crippen LogP contribution in [0.15, 0.2) is 0 Å². The van der Waals surface area contributed by atoms with E-state index in [1.807, 2.05) is 0 Å². The standard InChI is InChI=1S/Cl3N.Tb/c1-4(2)3;. The van der Waals surface area contributed by atoms with Gasteiger partial charge in [-0.1, -0.05) is 0 Å². The Bertz CT molecular complexity index is 11.6. The zero-order valence-electron chi connectivity index (χ0n) is 1.91. The van der Waals surface area contributed by atoms with E-state index in [1.54, 1.807) is 0 Å². The molecule has 5 heteroatoms. The molecule has 0 bridgehead atoms. The summed E-state index contributed by atoms with van der Waals surface area (Å²) in [6.07, 6.45) is 0. The topological polar surface area (TPSA) is 3.24 Å². The maximum absolute atomic E-state index is 4.64. The van der Waals surface area contributed by atoms with Gasteiger partial charge < -0.3 is 0 Å². The van der Waals surface area contributed by atoms with Crippen molar-refractivity contribution in [2.75, 3.05) is 0 Å². The molecule has 0 rings (SSSR count). The Kier molecular flexibility index (Phi) is 12.4. The molecule has 0 atom stereocenters. The van der Waals surface area contributed by atoms with Gasteiger partial charge in [-0.15, -0.1) is 0 Å². The van der Waals surface area contributed by atoms with Crippen molar-refractivity contribution < 1.29 is 38.6 Å². The van der Waals surface area contributed by atoms with Crippen LogP contribution in [0.1, 0.15) is 0 Å². The second kappa shape index (κ2) is 6.12. The van der Waals surface area contributed by atoms with Crippen LogP contribution < -0.4 is 0 Å². The summed E-state index contributed by atoms with van der Waals surface area (Å²) in [6.45, 7) is 0. The van der Waals surface area contributed by atoms with E-state index in [9.17, 15) is 0 Å². The minimum absolute atomic E-state index is 0. The molecule has 0 aromatic carbocycles. The summed E-state index contributed by atoms with van der Waals surface area (Å²) in [5.41, 5.74) is 0. The molecular formula is Cl3NTb. The van der Waals surface area contributed by atoms with E-state index in [-0.39, 0.29) is 38.6 Å². The SMILES string of the molecule is ClN(Cl)Cl.[Tb]. The van der Waals surface area contributed by atoms with E-state index in [2.05, 4.69) is 35.3 Å². The van der Waals surface area contributed by atoms with Crippen molar-refractivity contribution in [3.8, 4) is 0 Å². The fourth-order valence-electron chi connectivity index (χ4n) is 0. The van der Waals surface area contributed by atoms with Crippen molar-refractivity contribution in [3.63, 3.8) is 0 Å². The number of hydrogen-bond donors (Lipinski definition) is 0. The molecule has 1 nitrogen and oxygen atoms in total. The van der Waals surface area contributed by atoms with Crippen LogP contribution in [0.5, 0.6) is 0 Å². The maximum Gasteiger partial charge on any atom is 0.0127 e. The van der Waals surface area contributed by atoms with Crippen LogP contribution in [-0.4, -0.2) is 3.46 Å². The summed E-state index contributed by atoms with van der Waals surface area (Å²) < 4.78 is 0.417. The van der Waals surface area contributed by atoms with Crippen molar-refractivity contribution in [2.24, 2.45) is 0 Å². The van der Waals surface area contributed by atoms with Crippen LogP contribution in [0.4, 0.5) is 0 Å². The second-order valence-electron chi connectivity index (χ2n) is 0.192. The second-order valence-corrected chi connectivity index (χ2v) is 1.72. The Labute approximate surface area is 76.3 Å². The van der Waals surface area contributed by atoms with Crippen LogP contribution in [-0.2, 0) is 0 Å². The van der Waals surface area contributed by atoms with Gasteiger partial charge in [0.15, 0.2) is 0 Å². The molecule has 0 heterocycles. The summed E-state index contributed by atoms with van der Waals surface area (Å²) in [5.74, 6) is 0. The fraction of sp³-hybridized carbons (Fsp3) is 0. The quantitative estimate of drug-likeness (QED) is 0.611. The molecule has 0 fully saturated rings. The molecule has 0 aromatic rings. The average Bonchev–Trinajstić information content (AvgIpc) is 0.811. The van der Waals surface area contributed by atoms with E-state index in [0.717, 1.165) is 0 Å². The molecule has 0 amide bonds. The fourth-order valence-corrected chi connectivity index (χ4v) is 0. The average molecular weight is 279 g/mol. The Balaban J connectivity index is 0. The van der Waals surface area contributed by atoms with Gasteiger partial charge in [0.05, 0.1) is 0 Å². The van der Waals surface area contributed by atoms with E-state index >= 15 is 0 Å². The van der Waals surface area contributed by atoms with Gasteiger partial charge in [0, 0.05) is 73.9 Å². The van der Waals surface area contributed by atoms with E-state index in [4.69, 9.17) is 0 Å². The molecule has 0 spiro atoms. The number of hydrogen-bond acceptors (Lipinski definition) is 1. The van der Waals surface area contributed by atoms with E-state index in [0.29, 0.717) is 3.46 Å². The third-order valence-corrected chi connectivity index (χ3v) is 0. The zero-order chi connectivity index (χ0) is 3.58. The van der Waals surface area contributed by atoms with Gasteiger partial charge in [0.2, 0.25) is 0 Å². The Hall–Kier alpha value is 2.12. The summed E-state index contributed by atoms with van der Waals surface area (Å²) >= 11 is 13.9. The number of rotatable bonds is 0. The van der Waals surface area contributed by atoms with Crippen molar-refractivity contribution in [1.82, 2.24) is 3.46 Å². The Morgan fingerprint density at radius 1 is 1.00 bits per heavy atom. The van der Waals surface area contributed by atoms with Gasteiger partial charge in [0.25, 0.3) is 0 Å². The van der Waals surface area contributed by atoms with Crippen molar-refractivity contribution in [3.05, 3.63) is 0 Å². The van der Waals surface area contributed by atoms with Crippen molar-refractivity contribution in [2.45, 2.75) is 0 Å². The van der Waals surface area contributed by atoms with Crippen LogP contribution in [0, 0.1) is 38.6 Å². The van der Waals surface area contributed by atoms with Gasteiger partial charge in [-0.25, -0.2) is 0 Å². The van der Waals surface area contributed by atoms with Crippen LogP contribution >= 0.6 is 35.3 Å². The van der Waals surface area contributed by atoms with Crippen molar-refractivity contribution in [1.29, 1.82) is 0 Å². The van der Waals surface area contributed by atoms with Crippen LogP contribution in [0.2, 0.25) is 0 Å². The van der Waals surface area contributed by atoms with Gasteiger partial charge in [-0.3, -0.25) is 0 Å². The van der Waals surface area contributed by atoms with Gasteiger partial charge in [0.1, 0.15) is 0 Å². The monoisotopic (exact) mass is 278 g/mol. The largest absolute Gasteiger partial charge is 0.0380 e. The molecule has 0 unspecified atom stereocenters. The first-order valence-electron chi connectivity index (χ1n) is 0.507. The van der Waals surface area contributed by atoms with Crippen LogP contribution in [0.3, 0.4) is 0 Å². The van der Waals surface area contributed by atoms with E-state index < -0.39 is 0 Å². The molecule has 1 radical (unpaired) electrons. The minimum atomic E-state index is 0. The number of nitrogens with zero attached hydrogens (tertiary/aromatic N) is 1. The van der Waals surface area contributed by atoms with Gasteiger partial charge in [-0.2, -0.15) is 0 Å².